The number of rotatable bonds is 0. The van der Waals surface area contributed by atoms with Gasteiger partial charge in [-0.05, 0) is 0 Å². The fraction of sp³-hybridized carbons (Fsp3) is 0.312. The molecule has 0 aliphatic heterocycles. The van der Waals surface area contributed by atoms with Gasteiger partial charge in [0, 0.05) is 0 Å². The summed E-state index contributed by atoms with van der Waals surface area (Å²) in [6, 6.07) is 38.5. The number of hydrogen-bond acceptors (Lipinski definition) is 0. The molecule has 0 aliphatic rings. The second-order valence-corrected chi connectivity index (χ2v) is 11.4. The first kappa shape index (κ1) is 89.3. The zero-order valence-corrected chi connectivity index (χ0v) is 52.0. The van der Waals surface area contributed by atoms with E-state index in [-0.39, 0.29) is 146 Å². The van der Waals surface area contributed by atoms with Crippen molar-refractivity contribution in [3.8, 4) is 0 Å². The van der Waals surface area contributed by atoms with Crippen LogP contribution in [0.25, 0.3) is 32.3 Å². The smallest absolute Gasteiger partial charge is 1.00 e. The van der Waals surface area contributed by atoms with Gasteiger partial charge in [-0.15, -0.1) is 122 Å². The van der Waals surface area contributed by atoms with Crippen LogP contribution in [0.2, 0.25) is 0 Å². The van der Waals surface area contributed by atoms with Crippen molar-refractivity contribution in [3.05, 3.63) is 164 Å². The van der Waals surface area contributed by atoms with E-state index in [0.717, 1.165) is 0 Å². The molecule has 0 nitrogen and oxygen atoms in total. The van der Waals surface area contributed by atoms with Gasteiger partial charge in [-0.3, -0.25) is 0 Å². The van der Waals surface area contributed by atoms with Crippen molar-refractivity contribution in [2.75, 3.05) is 0 Å². The van der Waals surface area contributed by atoms with Crippen molar-refractivity contribution in [1.82, 2.24) is 0 Å². The summed E-state index contributed by atoms with van der Waals surface area (Å²) in [7, 11) is 0. The van der Waals surface area contributed by atoms with Crippen molar-refractivity contribution in [1.29, 1.82) is 0 Å². The number of fused-ring (bicyclic) bond motifs is 3. The molecule has 0 heterocycles. The maximum absolute atomic E-state index is 2.20. The first-order valence-corrected chi connectivity index (χ1v) is 17.4. The van der Waals surface area contributed by atoms with E-state index in [2.05, 4.69) is 130 Å². The normalized spacial score (nSPS) is 7.42. The van der Waals surface area contributed by atoms with Crippen LogP contribution in [0, 0.1) is 59.3 Å². The first-order chi connectivity index (χ1) is 23.1. The second-order valence-electron chi connectivity index (χ2n) is 11.4. The van der Waals surface area contributed by atoms with Crippen molar-refractivity contribution >= 4 is 62.0 Å². The van der Waals surface area contributed by atoms with Gasteiger partial charge >= 0.3 is 78.6 Å². The third-order valence-corrected chi connectivity index (χ3v) is 5.29. The SMILES string of the molecule is C[CH-]C.C[CH-]C.C[CH-]C.C[CH-]C.C[CH-]C.C[CH-]C.Cc1cc2ccccc2[cH-]1.Cc1cc2ccccc2[cH-]1.Cc1cc2ccccc2[cH-]1.P.P.P.[Cl-].[Cl-].[Cl-].[Zr+3].[Zr+3].[Zr+3]. The Labute approximate surface area is 441 Å². The van der Waals surface area contributed by atoms with E-state index in [0.29, 0.717) is 0 Å². The topological polar surface area (TPSA) is 0 Å². The monoisotopic (exact) mass is 1120 g/mol. The summed E-state index contributed by atoms with van der Waals surface area (Å²) in [5.74, 6) is 0. The van der Waals surface area contributed by atoms with Crippen LogP contribution in [-0.4, -0.2) is 0 Å². The molecule has 9 heteroatoms. The minimum absolute atomic E-state index is 0. The Morgan fingerprint density at radius 3 is 0.596 bits per heavy atom. The molecule has 0 amide bonds. The van der Waals surface area contributed by atoms with Crippen LogP contribution < -0.4 is 37.2 Å². The summed E-state index contributed by atoms with van der Waals surface area (Å²) in [6.07, 6.45) is 12.0. The van der Waals surface area contributed by atoms with Crippen LogP contribution in [0.3, 0.4) is 0 Å². The summed E-state index contributed by atoms with van der Waals surface area (Å²) < 4.78 is 0. The largest absolute Gasteiger partial charge is 3.00 e. The fourth-order valence-corrected chi connectivity index (χ4v) is 3.92. The van der Waals surface area contributed by atoms with Crippen LogP contribution in [0.1, 0.15) is 99.8 Å². The number of aryl methyl sites for hydroxylation is 3. The Hall–Kier alpha value is 1.30. The Morgan fingerprint density at radius 1 is 0.316 bits per heavy atom. The maximum atomic E-state index is 2.20. The number of halogens is 3. The van der Waals surface area contributed by atoms with Crippen LogP contribution >= 0.6 is 29.7 Å². The van der Waals surface area contributed by atoms with E-state index in [1.54, 1.807) is 0 Å². The number of benzene rings is 3. The van der Waals surface area contributed by atoms with Gasteiger partial charge < -0.3 is 75.7 Å². The average Bonchev–Trinajstić information content (AvgIpc) is 3.73. The molecule has 0 spiro atoms. The summed E-state index contributed by atoms with van der Waals surface area (Å²) in [5, 5.41) is 8.08. The van der Waals surface area contributed by atoms with Gasteiger partial charge in [0.2, 0.25) is 0 Å². The molecule has 3 radical (unpaired) electrons. The Bertz CT molecular complexity index is 1230. The van der Waals surface area contributed by atoms with Gasteiger partial charge in [-0.1, -0.05) is 39.0 Å². The van der Waals surface area contributed by atoms with Gasteiger partial charge in [0.1, 0.15) is 0 Å². The molecular formula is C48H78Cl3P3Zr3-3. The average molecular weight is 1130 g/mol. The second kappa shape index (κ2) is 66.4. The van der Waals surface area contributed by atoms with E-state index in [1.807, 2.05) is 122 Å². The van der Waals surface area contributed by atoms with Crippen LogP contribution in [0.15, 0.2) is 109 Å². The van der Waals surface area contributed by atoms with Gasteiger partial charge in [0.15, 0.2) is 0 Å². The third-order valence-electron chi connectivity index (χ3n) is 5.29. The van der Waals surface area contributed by atoms with Gasteiger partial charge in [0.05, 0.1) is 0 Å². The standard InChI is InChI=1S/3C10H9.6C3H7.3ClH.3H3P.3Zr/c3*1-8-6-9-4-2-3-5-10(9)7-8;6*1-3-2;;;;;;;;;/h3*2-7H,1H3;6*3H,1-2H3;3*1H;3*1H3;;;/q9*-1;;;;;;;3*+3/p-3. The van der Waals surface area contributed by atoms with Crippen molar-refractivity contribution in [2.24, 2.45) is 0 Å². The fourth-order valence-electron chi connectivity index (χ4n) is 3.92. The number of hydrogen-bond donors (Lipinski definition) is 0. The molecule has 0 bridgehead atoms. The van der Waals surface area contributed by atoms with Crippen molar-refractivity contribution < 1.29 is 116 Å². The predicted molar refractivity (Wildman–Crippen MR) is 260 cm³/mol. The molecule has 3 atom stereocenters. The van der Waals surface area contributed by atoms with Crippen LogP contribution in [0.4, 0.5) is 0 Å². The van der Waals surface area contributed by atoms with E-state index < -0.39 is 0 Å². The molecule has 6 rings (SSSR count). The molecule has 0 saturated heterocycles. The van der Waals surface area contributed by atoms with Crippen molar-refractivity contribution in [3.63, 3.8) is 0 Å². The molecule has 0 aliphatic carbocycles. The van der Waals surface area contributed by atoms with E-state index in [4.69, 9.17) is 0 Å². The van der Waals surface area contributed by atoms with Crippen LogP contribution in [0.5, 0.6) is 0 Å². The van der Waals surface area contributed by atoms with E-state index >= 15 is 0 Å². The molecule has 0 saturated carbocycles. The van der Waals surface area contributed by atoms with E-state index in [1.165, 1.54) is 49.0 Å². The Morgan fingerprint density at radius 2 is 0.456 bits per heavy atom. The summed E-state index contributed by atoms with van der Waals surface area (Å²) >= 11 is 0. The van der Waals surface area contributed by atoms with E-state index in [9.17, 15) is 0 Å². The maximum Gasteiger partial charge on any atom is 3.00 e. The van der Waals surface area contributed by atoms with Gasteiger partial charge in [-0.2, -0.15) is 131 Å². The zero-order valence-electron chi connectivity index (χ0n) is 38.1. The molecule has 3 unspecified atom stereocenters. The summed E-state index contributed by atoms with van der Waals surface area (Å²) in [4.78, 5) is 0. The van der Waals surface area contributed by atoms with Crippen LogP contribution in [-0.2, 0) is 78.6 Å². The minimum Gasteiger partial charge on any atom is -1.00 e. The molecule has 0 N–H and O–H groups in total. The minimum atomic E-state index is 0. The molecule has 0 fully saturated rings. The Balaban J connectivity index is -0.0000000416. The first-order valence-electron chi connectivity index (χ1n) is 17.4. The van der Waals surface area contributed by atoms with Gasteiger partial charge in [-0.25, -0.2) is 0 Å². The third kappa shape index (κ3) is 51.6. The molecule has 57 heavy (non-hydrogen) atoms. The predicted octanol–water partition coefficient (Wildman–Crippen LogP) is 7.16. The molecule has 6 aromatic rings. The van der Waals surface area contributed by atoms with Gasteiger partial charge in [0.25, 0.3) is 0 Å². The molecule has 0 aromatic heterocycles. The molecular weight excluding hydrogens is 1050 g/mol. The summed E-state index contributed by atoms with van der Waals surface area (Å²) in [6.45, 7) is 30.4. The quantitative estimate of drug-likeness (QED) is 0.112. The molecule has 6 aromatic carbocycles. The molecule has 321 valence electrons. The van der Waals surface area contributed by atoms with Crippen molar-refractivity contribution in [2.45, 2.75) is 104 Å². The summed E-state index contributed by atoms with van der Waals surface area (Å²) in [5.41, 5.74) is 4.05. The zero-order chi connectivity index (χ0) is 37.2. The Kier molecular flexibility index (Phi) is 104.